The minimum Gasteiger partial charge on any atom is -0.381 e. The Bertz CT molecular complexity index is 531. The van der Waals surface area contributed by atoms with Gasteiger partial charge in [-0.15, -0.1) is 0 Å². The monoisotopic (exact) mass is 264 g/mol. The van der Waals surface area contributed by atoms with E-state index in [4.69, 9.17) is 13.8 Å². The maximum Gasteiger partial charge on any atom is 0.226 e. The van der Waals surface area contributed by atoms with Gasteiger partial charge in [-0.1, -0.05) is 10.3 Å². The Morgan fingerprint density at radius 3 is 2.58 bits per heavy atom. The Morgan fingerprint density at radius 2 is 1.89 bits per heavy atom. The Labute approximate surface area is 110 Å². The third-order valence-electron chi connectivity index (χ3n) is 3.13. The number of rotatable bonds is 5. The van der Waals surface area contributed by atoms with Gasteiger partial charge in [-0.3, -0.25) is 0 Å². The molecule has 0 spiro atoms. The van der Waals surface area contributed by atoms with Crippen LogP contribution < -0.4 is 0 Å². The summed E-state index contributed by atoms with van der Waals surface area (Å²) < 4.78 is 15.6. The minimum absolute atomic E-state index is 0.288. The zero-order valence-corrected chi connectivity index (χ0v) is 10.8. The van der Waals surface area contributed by atoms with Crippen molar-refractivity contribution in [3.8, 4) is 0 Å². The molecule has 1 aliphatic rings. The number of hydrogen-bond donors (Lipinski definition) is 0. The molecule has 0 N–H and O–H groups in total. The first-order chi connectivity index (χ1) is 9.31. The summed E-state index contributed by atoms with van der Waals surface area (Å²) in [4.78, 5) is 8.55. The van der Waals surface area contributed by atoms with Crippen LogP contribution in [0.25, 0.3) is 0 Å². The predicted molar refractivity (Wildman–Crippen MR) is 63.5 cm³/mol. The van der Waals surface area contributed by atoms with E-state index in [2.05, 4.69) is 20.3 Å². The molecular formula is C12H16N4O3. The highest BCUT2D eigenvalue weighted by atomic mass is 16.5. The summed E-state index contributed by atoms with van der Waals surface area (Å²) in [5.41, 5.74) is 0. The van der Waals surface area contributed by atoms with Crippen molar-refractivity contribution in [3.63, 3.8) is 0 Å². The van der Waals surface area contributed by atoms with Gasteiger partial charge in [0.2, 0.25) is 11.8 Å². The number of ether oxygens (including phenoxy) is 1. The van der Waals surface area contributed by atoms with Crippen LogP contribution in [0.1, 0.15) is 42.2 Å². The first-order valence-corrected chi connectivity index (χ1v) is 6.50. The Hall–Kier alpha value is -1.76. The maximum absolute atomic E-state index is 5.31. The number of hydrogen-bond acceptors (Lipinski definition) is 7. The van der Waals surface area contributed by atoms with Crippen molar-refractivity contribution < 1.29 is 13.8 Å². The highest BCUT2D eigenvalue weighted by Gasteiger charge is 2.22. The minimum atomic E-state index is 0.288. The van der Waals surface area contributed by atoms with E-state index in [-0.39, 0.29) is 5.92 Å². The molecule has 1 aliphatic heterocycles. The van der Waals surface area contributed by atoms with Crippen LogP contribution in [0.5, 0.6) is 0 Å². The van der Waals surface area contributed by atoms with E-state index < -0.39 is 0 Å². The van der Waals surface area contributed by atoms with Gasteiger partial charge in [-0.2, -0.15) is 9.97 Å². The second-order valence-corrected chi connectivity index (χ2v) is 4.70. The zero-order valence-electron chi connectivity index (χ0n) is 10.8. The summed E-state index contributed by atoms with van der Waals surface area (Å²) in [6, 6.07) is 0. The summed E-state index contributed by atoms with van der Waals surface area (Å²) in [5, 5.41) is 7.76. The molecule has 19 heavy (non-hydrogen) atoms. The molecule has 0 radical (unpaired) electrons. The van der Waals surface area contributed by atoms with Crippen molar-refractivity contribution in [2.75, 3.05) is 13.2 Å². The van der Waals surface area contributed by atoms with Crippen LogP contribution in [-0.2, 0) is 17.6 Å². The van der Waals surface area contributed by atoms with Crippen LogP contribution in [0.15, 0.2) is 9.05 Å². The fourth-order valence-corrected chi connectivity index (χ4v) is 2.11. The summed E-state index contributed by atoms with van der Waals surface area (Å²) in [5.74, 6) is 3.04. The Morgan fingerprint density at radius 1 is 1.11 bits per heavy atom. The Kier molecular flexibility index (Phi) is 3.54. The molecule has 0 bridgehead atoms. The molecule has 0 saturated carbocycles. The predicted octanol–water partition coefficient (Wildman–Crippen LogP) is 1.44. The van der Waals surface area contributed by atoms with Gasteiger partial charge in [-0.25, -0.2) is 0 Å². The molecular weight excluding hydrogens is 248 g/mol. The molecule has 7 nitrogen and oxygen atoms in total. The van der Waals surface area contributed by atoms with Gasteiger partial charge in [-0.05, 0) is 19.8 Å². The van der Waals surface area contributed by atoms with E-state index in [1.807, 2.05) is 0 Å². The van der Waals surface area contributed by atoms with E-state index in [1.54, 1.807) is 6.92 Å². The smallest absolute Gasteiger partial charge is 0.226 e. The molecule has 2 aromatic rings. The van der Waals surface area contributed by atoms with E-state index in [0.29, 0.717) is 24.2 Å². The lowest BCUT2D eigenvalue weighted by molar-refractivity contribution is 0.192. The zero-order chi connectivity index (χ0) is 13.1. The normalized spacial score (nSPS) is 19.1. The molecule has 0 aromatic carbocycles. The molecule has 2 aromatic heterocycles. The molecule has 1 atom stereocenters. The van der Waals surface area contributed by atoms with Gasteiger partial charge in [0.25, 0.3) is 0 Å². The van der Waals surface area contributed by atoms with Crippen molar-refractivity contribution >= 4 is 0 Å². The highest BCUT2D eigenvalue weighted by Crippen LogP contribution is 2.22. The molecule has 1 saturated heterocycles. The Balaban J connectivity index is 1.50. The van der Waals surface area contributed by atoms with Crippen LogP contribution in [-0.4, -0.2) is 33.5 Å². The van der Waals surface area contributed by atoms with Gasteiger partial charge in [0.05, 0.1) is 6.61 Å². The van der Waals surface area contributed by atoms with E-state index in [9.17, 15) is 0 Å². The second-order valence-electron chi connectivity index (χ2n) is 4.70. The number of aryl methyl sites for hydroxylation is 3. The third kappa shape index (κ3) is 2.98. The van der Waals surface area contributed by atoms with Crippen molar-refractivity contribution in [1.29, 1.82) is 0 Å². The molecule has 0 unspecified atom stereocenters. The van der Waals surface area contributed by atoms with E-state index in [1.165, 1.54) is 0 Å². The summed E-state index contributed by atoms with van der Waals surface area (Å²) in [6.07, 6.45) is 3.28. The quantitative estimate of drug-likeness (QED) is 0.807. The maximum atomic E-state index is 5.31. The van der Waals surface area contributed by atoms with Crippen molar-refractivity contribution in [2.45, 2.75) is 38.5 Å². The van der Waals surface area contributed by atoms with Gasteiger partial charge < -0.3 is 13.8 Å². The van der Waals surface area contributed by atoms with Crippen LogP contribution in [0.4, 0.5) is 0 Å². The SMILES string of the molecule is Cc1noc(CCCc2nc([C@H]3CCOC3)no2)n1. The lowest BCUT2D eigenvalue weighted by Gasteiger charge is -1.97. The van der Waals surface area contributed by atoms with Gasteiger partial charge in [0.15, 0.2) is 11.6 Å². The average Bonchev–Trinajstić information content (AvgIpc) is 3.09. The number of nitrogens with zero attached hydrogens (tertiary/aromatic N) is 4. The molecule has 0 aliphatic carbocycles. The summed E-state index contributed by atoms with van der Waals surface area (Å²) in [7, 11) is 0. The van der Waals surface area contributed by atoms with Crippen LogP contribution in [0.2, 0.25) is 0 Å². The van der Waals surface area contributed by atoms with Crippen LogP contribution in [0, 0.1) is 6.92 Å². The van der Waals surface area contributed by atoms with Crippen LogP contribution >= 0.6 is 0 Å². The van der Waals surface area contributed by atoms with E-state index >= 15 is 0 Å². The lowest BCUT2D eigenvalue weighted by Crippen LogP contribution is -2.00. The van der Waals surface area contributed by atoms with Crippen molar-refractivity contribution in [1.82, 2.24) is 20.3 Å². The van der Waals surface area contributed by atoms with Crippen molar-refractivity contribution in [3.05, 3.63) is 23.4 Å². The molecule has 1 fully saturated rings. The fourth-order valence-electron chi connectivity index (χ4n) is 2.11. The summed E-state index contributed by atoms with van der Waals surface area (Å²) >= 11 is 0. The number of aromatic nitrogens is 4. The largest absolute Gasteiger partial charge is 0.381 e. The molecule has 0 amide bonds. The van der Waals surface area contributed by atoms with E-state index in [0.717, 1.165) is 38.1 Å². The first kappa shape index (κ1) is 12.3. The highest BCUT2D eigenvalue weighted by molar-refractivity contribution is 4.97. The second kappa shape index (κ2) is 5.48. The van der Waals surface area contributed by atoms with Gasteiger partial charge >= 0.3 is 0 Å². The molecule has 3 heterocycles. The molecule has 7 heteroatoms. The van der Waals surface area contributed by atoms with Gasteiger partial charge in [0, 0.05) is 25.4 Å². The fraction of sp³-hybridized carbons (Fsp3) is 0.667. The standard InChI is InChI=1S/C12H16N4O3/c1-8-13-10(18-15-8)3-2-4-11-14-12(16-19-11)9-5-6-17-7-9/h9H,2-7H2,1H3/t9-/m0/s1. The average molecular weight is 264 g/mol. The van der Waals surface area contributed by atoms with Crippen molar-refractivity contribution in [2.24, 2.45) is 0 Å². The molecule has 102 valence electrons. The topological polar surface area (TPSA) is 87.1 Å². The summed E-state index contributed by atoms with van der Waals surface area (Å²) in [6.45, 7) is 3.28. The first-order valence-electron chi connectivity index (χ1n) is 6.50. The van der Waals surface area contributed by atoms with Crippen LogP contribution in [0.3, 0.4) is 0 Å². The van der Waals surface area contributed by atoms with Gasteiger partial charge in [0.1, 0.15) is 0 Å². The third-order valence-corrected chi connectivity index (χ3v) is 3.13. The molecule has 3 rings (SSSR count). The lowest BCUT2D eigenvalue weighted by atomic mass is 10.1.